The molecule has 5 heteroatoms. The predicted octanol–water partition coefficient (Wildman–Crippen LogP) is 2.43. The van der Waals surface area contributed by atoms with Gasteiger partial charge >= 0.3 is 0 Å². The lowest BCUT2D eigenvalue weighted by Gasteiger charge is -2.04. The molecule has 14 heavy (non-hydrogen) atoms. The highest BCUT2D eigenvalue weighted by Crippen LogP contribution is 2.27. The third kappa shape index (κ3) is 2.05. The third-order valence-corrected chi connectivity index (χ3v) is 2.19. The molecule has 1 aromatic heterocycles. The molecule has 0 atom stereocenters. The largest absolute Gasteiger partial charge is 0.436 e. The lowest BCUT2D eigenvalue weighted by molar-refractivity contribution is 0.448. The van der Waals surface area contributed by atoms with Crippen molar-refractivity contribution >= 4 is 15.9 Å². The first-order valence-electron chi connectivity index (χ1n) is 3.93. The molecule has 2 rings (SSSR count). The Kier molecular flexibility index (Phi) is 2.69. The molecule has 0 saturated carbocycles. The summed E-state index contributed by atoms with van der Waals surface area (Å²) in [5, 5.41) is 10.7. The lowest BCUT2D eigenvalue weighted by atomic mass is 10.3. The van der Waals surface area contributed by atoms with E-state index in [1.165, 1.54) is 6.20 Å². The molecule has 0 spiro atoms. The van der Waals surface area contributed by atoms with Crippen molar-refractivity contribution < 1.29 is 4.74 Å². The minimum atomic E-state index is 0.423. The van der Waals surface area contributed by atoms with E-state index in [1.807, 2.05) is 24.3 Å². The van der Waals surface area contributed by atoms with Crippen molar-refractivity contribution in [1.29, 1.82) is 0 Å². The van der Waals surface area contributed by atoms with Crippen LogP contribution in [0.25, 0.3) is 0 Å². The van der Waals surface area contributed by atoms with Crippen molar-refractivity contribution in [2.45, 2.75) is 0 Å². The number of halogens is 1. The number of rotatable bonds is 2. The number of nitrogens with zero attached hydrogens (tertiary/aromatic N) is 3. The molecule has 0 aliphatic carbocycles. The number of hydrogen-bond donors (Lipinski definition) is 0. The van der Waals surface area contributed by atoms with E-state index in [9.17, 15) is 0 Å². The Bertz CT molecular complexity index is 421. The van der Waals surface area contributed by atoms with Gasteiger partial charge in [0, 0.05) is 6.07 Å². The SMILES string of the molecule is Brc1ccccc1Oc1ccnnn1. The first-order valence-corrected chi connectivity index (χ1v) is 4.72. The number of hydrogen-bond acceptors (Lipinski definition) is 4. The molecule has 0 fully saturated rings. The van der Waals surface area contributed by atoms with E-state index in [0.29, 0.717) is 11.6 Å². The van der Waals surface area contributed by atoms with E-state index >= 15 is 0 Å². The van der Waals surface area contributed by atoms with E-state index in [1.54, 1.807) is 6.07 Å². The maximum absolute atomic E-state index is 5.45. The van der Waals surface area contributed by atoms with E-state index < -0.39 is 0 Å². The Hall–Kier alpha value is -1.49. The van der Waals surface area contributed by atoms with Crippen LogP contribution in [0.3, 0.4) is 0 Å². The highest BCUT2D eigenvalue weighted by Gasteiger charge is 2.01. The van der Waals surface area contributed by atoms with Gasteiger partial charge in [-0.05, 0) is 33.3 Å². The zero-order valence-corrected chi connectivity index (χ0v) is 8.68. The first kappa shape index (κ1) is 9.08. The normalized spacial score (nSPS) is 9.79. The minimum Gasteiger partial charge on any atom is -0.436 e. The van der Waals surface area contributed by atoms with Crippen LogP contribution < -0.4 is 4.74 Å². The van der Waals surface area contributed by atoms with E-state index in [0.717, 1.165) is 4.47 Å². The summed E-state index contributed by atoms with van der Waals surface area (Å²) in [6.07, 6.45) is 1.53. The average Bonchev–Trinajstić information content (AvgIpc) is 2.23. The summed E-state index contributed by atoms with van der Waals surface area (Å²) in [6.45, 7) is 0. The molecule has 0 amide bonds. The fraction of sp³-hybridized carbons (Fsp3) is 0. The summed E-state index contributed by atoms with van der Waals surface area (Å²) in [6, 6.07) is 9.17. The fourth-order valence-electron chi connectivity index (χ4n) is 0.925. The van der Waals surface area contributed by atoms with Crippen molar-refractivity contribution in [3.63, 3.8) is 0 Å². The summed E-state index contributed by atoms with van der Waals surface area (Å²) in [7, 11) is 0. The van der Waals surface area contributed by atoms with Crippen molar-refractivity contribution in [1.82, 2.24) is 15.4 Å². The number of para-hydroxylation sites is 1. The molecule has 4 nitrogen and oxygen atoms in total. The maximum Gasteiger partial charge on any atom is 0.242 e. The molecule has 2 aromatic rings. The summed E-state index contributed by atoms with van der Waals surface area (Å²) < 4.78 is 6.32. The minimum absolute atomic E-state index is 0.423. The molecule has 0 aliphatic rings. The second kappa shape index (κ2) is 4.15. The summed E-state index contributed by atoms with van der Waals surface area (Å²) in [5.74, 6) is 1.12. The molecule has 0 bridgehead atoms. The molecule has 0 unspecified atom stereocenters. The van der Waals surface area contributed by atoms with Crippen LogP contribution in [0.4, 0.5) is 0 Å². The van der Waals surface area contributed by atoms with Gasteiger partial charge < -0.3 is 4.74 Å². The monoisotopic (exact) mass is 251 g/mol. The second-order valence-corrected chi connectivity index (χ2v) is 3.35. The van der Waals surface area contributed by atoms with Crippen LogP contribution in [-0.4, -0.2) is 15.4 Å². The topological polar surface area (TPSA) is 47.9 Å². The van der Waals surface area contributed by atoms with Crippen LogP contribution in [0.5, 0.6) is 11.6 Å². The number of benzene rings is 1. The third-order valence-electron chi connectivity index (χ3n) is 1.53. The molecule has 0 aliphatic heterocycles. The van der Waals surface area contributed by atoms with Gasteiger partial charge in [-0.2, -0.15) is 0 Å². The molecular weight excluding hydrogens is 246 g/mol. The smallest absolute Gasteiger partial charge is 0.242 e. The first-order chi connectivity index (χ1) is 6.86. The molecule has 0 N–H and O–H groups in total. The number of ether oxygens (including phenoxy) is 1. The quantitative estimate of drug-likeness (QED) is 0.823. The van der Waals surface area contributed by atoms with E-state index in [2.05, 4.69) is 31.3 Å². The van der Waals surface area contributed by atoms with Crippen molar-refractivity contribution in [2.24, 2.45) is 0 Å². The lowest BCUT2D eigenvalue weighted by Crippen LogP contribution is -1.91. The summed E-state index contributed by atoms with van der Waals surface area (Å²) in [4.78, 5) is 0. The molecular formula is C9H6BrN3O. The highest BCUT2D eigenvalue weighted by atomic mass is 79.9. The van der Waals surface area contributed by atoms with Crippen molar-refractivity contribution in [2.75, 3.05) is 0 Å². The van der Waals surface area contributed by atoms with Crippen LogP contribution in [-0.2, 0) is 0 Å². The van der Waals surface area contributed by atoms with Crippen LogP contribution in [0.15, 0.2) is 41.0 Å². The Balaban J connectivity index is 2.24. The van der Waals surface area contributed by atoms with Crippen LogP contribution >= 0.6 is 15.9 Å². The fourth-order valence-corrected chi connectivity index (χ4v) is 1.29. The van der Waals surface area contributed by atoms with Gasteiger partial charge in [0.05, 0.1) is 10.7 Å². The standard InChI is InChI=1S/C9H6BrN3O/c10-7-3-1-2-4-8(7)14-9-5-6-11-13-12-9/h1-6H. The van der Waals surface area contributed by atoms with Gasteiger partial charge in [-0.15, -0.1) is 5.10 Å². The Morgan fingerprint density at radius 2 is 2.00 bits per heavy atom. The van der Waals surface area contributed by atoms with Gasteiger partial charge in [-0.25, -0.2) is 0 Å². The maximum atomic E-state index is 5.45. The Morgan fingerprint density at radius 1 is 1.14 bits per heavy atom. The predicted molar refractivity (Wildman–Crippen MR) is 54.0 cm³/mol. The van der Waals surface area contributed by atoms with Gasteiger partial charge in [-0.1, -0.05) is 17.2 Å². The van der Waals surface area contributed by atoms with Crippen molar-refractivity contribution in [3.05, 3.63) is 41.0 Å². The summed E-state index contributed by atoms with van der Waals surface area (Å²) >= 11 is 3.36. The molecule has 0 saturated heterocycles. The molecule has 0 radical (unpaired) electrons. The van der Waals surface area contributed by atoms with Crippen LogP contribution in [0.2, 0.25) is 0 Å². The Labute approximate surface area is 89.1 Å². The molecule has 70 valence electrons. The number of aromatic nitrogens is 3. The van der Waals surface area contributed by atoms with E-state index in [4.69, 9.17) is 4.74 Å². The highest BCUT2D eigenvalue weighted by molar-refractivity contribution is 9.10. The second-order valence-electron chi connectivity index (χ2n) is 2.49. The van der Waals surface area contributed by atoms with Crippen molar-refractivity contribution in [3.8, 4) is 11.6 Å². The molecule has 1 aromatic carbocycles. The Morgan fingerprint density at radius 3 is 2.71 bits per heavy atom. The van der Waals surface area contributed by atoms with Gasteiger partial charge in [0.2, 0.25) is 5.88 Å². The zero-order valence-electron chi connectivity index (χ0n) is 7.09. The van der Waals surface area contributed by atoms with Gasteiger partial charge in [-0.3, -0.25) is 0 Å². The van der Waals surface area contributed by atoms with E-state index in [-0.39, 0.29) is 0 Å². The summed E-state index contributed by atoms with van der Waals surface area (Å²) in [5.41, 5.74) is 0. The zero-order chi connectivity index (χ0) is 9.80. The molecule has 1 heterocycles. The van der Waals surface area contributed by atoms with Crippen LogP contribution in [0, 0.1) is 0 Å². The van der Waals surface area contributed by atoms with Gasteiger partial charge in [0.15, 0.2) is 0 Å². The van der Waals surface area contributed by atoms with Gasteiger partial charge in [0.1, 0.15) is 5.75 Å². The van der Waals surface area contributed by atoms with Gasteiger partial charge in [0.25, 0.3) is 0 Å². The van der Waals surface area contributed by atoms with Crippen LogP contribution in [0.1, 0.15) is 0 Å². The average molecular weight is 252 g/mol.